The Bertz CT molecular complexity index is 830. The molecule has 0 unspecified atom stereocenters. The summed E-state index contributed by atoms with van der Waals surface area (Å²) in [5, 5.41) is 4.70. The van der Waals surface area contributed by atoms with Crippen LogP contribution in [0.1, 0.15) is 10.4 Å². The monoisotopic (exact) mass is 300 g/mol. The zero-order chi connectivity index (χ0) is 14.8. The van der Waals surface area contributed by atoms with E-state index in [2.05, 4.69) is 10.3 Å². The normalized spacial score (nSPS) is 10.6. The number of nitrogens with one attached hydrogen (secondary N) is 1. The molecule has 1 N–H and O–H groups in total. The summed E-state index contributed by atoms with van der Waals surface area (Å²) >= 11 is 5.68. The molecule has 0 aliphatic rings. The molecule has 3 nitrogen and oxygen atoms in total. The smallest absolute Gasteiger partial charge is 0.258 e. The summed E-state index contributed by atoms with van der Waals surface area (Å²) in [5.74, 6) is -1.17. The van der Waals surface area contributed by atoms with Crippen LogP contribution < -0.4 is 5.32 Å². The molecule has 3 aromatic rings. The molecule has 1 aromatic heterocycles. The van der Waals surface area contributed by atoms with Crippen LogP contribution in [0.15, 0.2) is 54.9 Å². The van der Waals surface area contributed by atoms with Crippen LogP contribution in [0.4, 0.5) is 10.1 Å². The Morgan fingerprint density at radius 3 is 2.86 bits per heavy atom. The third-order valence-electron chi connectivity index (χ3n) is 3.10. The van der Waals surface area contributed by atoms with Gasteiger partial charge in [0.15, 0.2) is 0 Å². The van der Waals surface area contributed by atoms with E-state index >= 15 is 0 Å². The molecule has 1 amide bonds. The van der Waals surface area contributed by atoms with Crippen LogP contribution in [0.2, 0.25) is 5.02 Å². The van der Waals surface area contributed by atoms with Crippen LogP contribution in [-0.2, 0) is 0 Å². The number of rotatable bonds is 2. The van der Waals surface area contributed by atoms with Gasteiger partial charge in [0.25, 0.3) is 5.91 Å². The van der Waals surface area contributed by atoms with E-state index in [1.54, 1.807) is 30.6 Å². The number of hydrogen-bond donors (Lipinski definition) is 1. The summed E-state index contributed by atoms with van der Waals surface area (Å²) < 4.78 is 13.8. The molecular weight excluding hydrogens is 291 g/mol. The lowest BCUT2D eigenvalue weighted by molar-refractivity contribution is 0.102. The van der Waals surface area contributed by atoms with Crippen molar-refractivity contribution < 1.29 is 9.18 Å². The van der Waals surface area contributed by atoms with E-state index in [4.69, 9.17) is 11.6 Å². The van der Waals surface area contributed by atoms with Crippen molar-refractivity contribution in [3.8, 4) is 0 Å². The number of amides is 1. The first-order chi connectivity index (χ1) is 10.1. The summed E-state index contributed by atoms with van der Waals surface area (Å²) in [6, 6.07) is 11.2. The lowest BCUT2D eigenvalue weighted by Crippen LogP contribution is -2.13. The highest BCUT2D eigenvalue weighted by molar-refractivity contribution is 6.30. The van der Waals surface area contributed by atoms with Gasteiger partial charge in [-0.15, -0.1) is 0 Å². The van der Waals surface area contributed by atoms with Crippen LogP contribution in [0.25, 0.3) is 10.8 Å². The first kappa shape index (κ1) is 13.5. The highest BCUT2D eigenvalue weighted by Gasteiger charge is 2.13. The molecule has 0 radical (unpaired) electrons. The van der Waals surface area contributed by atoms with E-state index in [0.29, 0.717) is 5.69 Å². The number of halogens is 2. The first-order valence-corrected chi connectivity index (χ1v) is 6.62. The number of aromatic nitrogens is 1. The zero-order valence-corrected chi connectivity index (χ0v) is 11.6. The van der Waals surface area contributed by atoms with Gasteiger partial charge in [-0.05, 0) is 30.3 Å². The predicted molar refractivity (Wildman–Crippen MR) is 81.1 cm³/mol. The van der Waals surface area contributed by atoms with Gasteiger partial charge in [0.1, 0.15) is 5.82 Å². The number of fused-ring (bicyclic) bond motifs is 1. The van der Waals surface area contributed by atoms with Gasteiger partial charge >= 0.3 is 0 Å². The molecule has 2 aromatic carbocycles. The maximum atomic E-state index is 13.8. The van der Waals surface area contributed by atoms with Crippen LogP contribution in [0, 0.1) is 5.82 Å². The highest BCUT2D eigenvalue weighted by Crippen LogP contribution is 2.23. The van der Waals surface area contributed by atoms with Gasteiger partial charge < -0.3 is 5.32 Å². The lowest BCUT2D eigenvalue weighted by Gasteiger charge is -2.09. The third-order valence-corrected chi connectivity index (χ3v) is 3.34. The SMILES string of the molecule is O=C(Nc1cccc2cnccc12)c1ccc(Cl)cc1F. The fourth-order valence-corrected chi connectivity index (χ4v) is 2.25. The van der Waals surface area contributed by atoms with Crippen molar-refractivity contribution in [1.29, 1.82) is 0 Å². The molecule has 21 heavy (non-hydrogen) atoms. The Morgan fingerprint density at radius 1 is 1.19 bits per heavy atom. The summed E-state index contributed by atoms with van der Waals surface area (Å²) in [4.78, 5) is 16.2. The minimum atomic E-state index is -0.651. The lowest BCUT2D eigenvalue weighted by atomic mass is 10.1. The molecule has 0 bridgehead atoms. The van der Waals surface area contributed by atoms with Crippen molar-refractivity contribution in [2.75, 3.05) is 5.32 Å². The molecule has 1 heterocycles. The minimum Gasteiger partial charge on any atom is -0.321 e. The van der Waals surface area contributed by atoms with Gasteiger partial charge in [-0.3, -0.25) is 9.78 Å². The molecule has 5 heteroatoms. The molecule has 0 aliphatic heterocycles. The van der Waals surface area contributed by atoms with Gasteiger partial charge in [0.05, 0.1) is 5.56 Å². The molecule has 3 rings (SSSR count). The molecule has 0 aliphatic carbocycles. The standard InChI is InChI=1S/C16H10ClFN2O/c17-11-4-5-13(14(18)8-11)16(21)20-15-3-1-2-10-9-19-7-6-12(10)15/h1-9H,(H,20,21). The fraction of sp³-hybridized carbons (Fsp3) is 0. The van der Waals surface area contributed by atoms with E-state index in [0.717, 1.165) is 16.8 Å². The average molecular weight is 301 g/mol. The fourth-order valence-electron chi connectivity index (χ4n) is 2.09. The number of carbonyl (C=O) groups is 1. The van der Waals surface area contributed by atoms with E-state index in [1.165, 1.54) is 12.1 Å². The van der Waals surface area contributed by atoms with Crippen LogP contribution >= 0.6 is 11.6 Å². The number of pyridine rings is 1. The number of nitrogens with zero attached hydrogens (tertiary/aromatic N) is 1. The largest absolute Gasteiger partial charge is 0.321 e. The van der Waals surface area contributed by atoms with Crippen LogP contribution in [0.5, 0.6) is 0 Å². The Morgan fingerprint density at radius 2 is 2.05 bits per heavy atom. The van der Waals surface area contributed by atoms with Gasteiger partial charge in [-0.1, -0.05) is 23.7 Å². The summed E-state index contributed by atoms with van der Waals surface area (Å²) in [7, 11) is 0. The van der Waals surface area contributed by atoms with Crippen LogP contribution in [-0.4, -0.2) is 10.9 Å². The molecule has 0 saturated heterocycles. The topological polar surface area (TPSA) is 42.0 Å². The van der Waals surface area contributed by atoms with Gasteiger partial charge in [0, 0.05) is 33.9 Å². The Balaban J connectivity index is 1.97. The molecule has 0 fully saturated rings. The van der Waals surface area contributed by atoms with E-state index in [1.807, 2.05) is 6.07 Å². The van der Waals surface area contributed by atoms with Crippen molar-refractivity contribution >= 4 is 34.0 Å². The quantitative estimate of drug-likeness (QED) is 0.767. The van der Waals surface area contributed by atoms with Gasteiger partial charge in [-0.2, -0.15) is 0 Å². The zero-order valence-electron chi connectivity index (χ0n) is 10.8. The van der Waals surface area contributed by atoms with E-state index < -0.39 is 11.7 Å². The summed E-state index contributed by atoms with van der Waals surface area (Å²) in [6.07, 6.45) is 3.34. The Hall–Kier alpha value is -2.46. The van der Waals surface area contributed by atoms with Gasteiger partial charge in [0.2, 0.25) is 0 Å². The predicted octanol–water partition coefficient (Wildman–Crippen LogP) is 4.28. The molecule has 0 atom stereocenters. The Kier molecular flexibility index (Phi) is 3.54. The van der Waals surface area contributed by atoms with Crippen molar-refractivity contribution in [2.45, 2.75) is 0 Å². The van der Waals surface area contributed by atoms with E-state index in [-0.39, 0.29) is 10.6 Å². The van der Waals surface area contributed by atoms with Crippen molar-refractivity contribution in [2.24, 2.45) is 0 Å². The molecule has 0 saturated carbocycles. The average Bonchev–Trinajstić information content (AvgIpc) is 2.47. The first-order valence-electron chi connectivity index (χ1n) is 6.24. The van der Waals surface area contributed by atoms with Gasteiger partial charge in [-0.25, -0.2) is 4.39 Å². The second-order valence-electron chi connectivity index (χ2n) is 4.48. The maximum Gasteiger partial charge on any atom is 0.258 e. The maximum absolute atomic E-state index is 13.8. The molecule has 104 valence electrons. The van der Waals surface area contributed by atoms with Crippen molar-refractivity contribution in [3.05, 3.63) is 71.3 Å². The molecular formula is C16H10ClFN2O. The van der Waals surface area contributed by atoms with Crippen molar-refractivity contribution in [3.63, 3.8) is 0 Å². The summed E-state index contributed by atoms with van der Waals surface area (Å²) in [5.41, 5.74) is 0.555. The van der Waals surface area contributed by atoms with Crippen molar-refractivity contribution in [1.82, 2.24) is 4.98 Å². The number of carbonyl (C=O) groups excluding carboxylic acids is 1. The molecule has 0 spiro atoms. The minimum absolute atomic E-state index is 0.0505. The summed E-state index contributed by atoms with van der Waals surface area (Å²) in [6.45, 7) is 0. The highest BCUT2D eigenvalue weighted by atomic mass is 35.5. The number of anilines is 1. The number of hydrogen-bond acceptors (Lipinski definition) is 2. The second kappa shape index (κ2) is 5.50. The second-order valence-corrected chi connectivity index (χ2v) is 4.92. The number of benzene rings is 2. The van der Waals surface area contributed by atoms with E-state index in [9.17, 15) is 9.18 Å². The Labute approximate surface area is 125 Å². The van der Waals surface area contributed by atoms with Crippen LogP contribution in [0.3, 0.4) is 0 Å². The third kappa shape index (κ3) is 2.71.